The maximum Gasteiger partial charge on any atom is 0.416 e. The number of ether oxygens (including phenoxy) is 2. The number of benzene rings is 3. The van der Waals surface area contributed by atoms with Crippen LogP contribution in [-0.2, 0) is 17.3 Å². The lowest BCUT2D eigenvalue weighted by atomic mass is 9.87. The van der Waals surface area contributed by atoms with Crippen LogP contribution < -0.4 is 4.74 Å². The van der Waals surface area contributed by atoms with Gasteiger partial charge in [-0.3, -0.25) is 0 Å². The largest absolute Gasteiger partial charge is 0.493 e. The third-order valence-electron chi connectivity index (χ3n) is 6.09. The molecular formula is C29H29F3O4. The fraction of sp³-hybridized carbons (Fsp3) is 0.345. The summed E-state index contributed by atoms with van der Waals surface area (Å²) in [6.45, 7) is 6.06. The summed E-state index contributed by atoms with van der Waals surface area (Å²) >= 11 is 0. The molecule has 4 rings (SSSR count). The third-order valence-corrected chi connectivity index (χ3v) is 6.09. The zero-order chi connectivity index (χ0) is 26.1. The fourth-order valence-electron chi connectivity index (χ4n) is 4.20. The van der Waals surface area contributed by atoms with Crippen molar-refractivity contribution in [3.8, 4) is 16.9 Å². The Morgan fingerprint density at radius 3 is 2.42 bits per heavy atom. The van der Waals surface area contributed by atoms with Gasteiger partial charge in [-0.2, -0.15) is 13.2 Å². The van der Waals surface area contributed by atoms with Gasteiger partial charge in [-0.15, -0.1) is 0 Å². The topological polar surface area (TPSA) is 55.8 Å². The van der Waals surface area contributed by atoms with Crippen LogP contribution in [0.5, 0.6) is 5.75 Å². The highest BCUT2D eigenvalue weighted by molar-refractivity contribution is 5.97. The van der Waals surface area contributed by atoms with E-state index in [0.717, 1.165) is 23.8 Å². The van der Waals surface area contributed by atoms with Crippen molar-refractivity contribution in [2.45, 2.75) is 39.5 Å². The normalized spacial score (nSPS) is 17.8. The van der Waals surface area contributed by atoms with E-state index >= 15 is 0 Å². The first-order chi connectivity index (χ1) is 16.9. The van der Waals surface area contributed by atoms with E-state index in [9.17, 15) is 23.1 Å². The van der Waals surface area contributed by atoms with Crippen molar-refractivity contribution < 1.29 is 32.5 Å². The van der Waals surface area contributed by atoms with E-state index in [0.29, 0.717) is 23.3 Å². The maximum atomic E-state index is 13.5. The lowest BCUT2D eigenvalue weighted by molar-refractivity contribution is -0.137. The summed E-state index contributed by atoms with van der Waals surface area (Å²) in [4.78, 5) is 12.8. The Balaban J connectivity index is 1.66. The minimum Gasteiger partial charge on any atom is -0.493 e. The van der Waals surface area contributed by atoms with Crippen LogP contribution in [0.25, 0.3) is 11.1 Å². The first-order valence-corrected chi connectivity index (χ1v) is 11.8. The molecule has 190 valence electrons. The average Bonchev–Trinajstić information content (AvgIpc) is 2.83. The Kier molecular flexibility index (Phi) is 7.14. The molecule has 0 fully saturated rings. The second-order valence-electron chi connectivity index (χ2n) is 10.4. The van der Waals surface area contributed by atoms with Gasteiger partial charge in [0, 0.05) is 11.5 Å². The SMILES string of the molecule is CC(C)(C)COC(=O)c1ccc(C(F)(F)F)cc1-c1ccc2c(c1)OCC(Cc1ccccc1)C2O. The van der Waals surface area contributed by atoms with E-state index in [-0.39, 0.29) is 35.7 Å². The van der Waals surface area contributed by atoms with Gasteiger partial charge in [0.2, 0.25) is 0 Å². The van der Waals surface area contributed by atoms with Crippen LogP contribution in [0, 0.1) is 11.3 Å². The van der Waals surface area contributed by atoms with Gasteiger partial charge in [-0.25, -0.2) is 4.79 Å². The zero-order valence-electron chi connectivity index (χ0n) is 20.4. The lowest BCUT2D eigenvalue weighted by Crippen LogP contribution is -2.27. The molecule has 3 aromatic rings. The molecule has 1 N–H and O–H groups in total. The van der Waals surface area contributed by atoms with Crippen LogP contribution in [0.4, 0.5) is 13.2 Å². The second kappa shape index (κ2) is 9.97. The summed E-state index contributed by atoms with van der Waals surface area (Å²) in [7, 11) is 0. The molecule has 2 unspecified atom stereocenters. The number of esters is 1. The van der Waals surface area contributed by atoms with Gasteiger partial charge in [-0.05, 0) is 52.8 Å². The van der Waals surface area contributed by atoms with Crippen molar-refractivity contribution in [1.29, 1.82) is 0 Å². The molecule has 0 amide bonds. The minimum absolute atomic E-state index is 0.0329. The van der Waals surface area contributed by atoms with Gasteiger partial charge in [0.1, 0.15) is 5.75 Å². The molecule has 3 aromatic carbocycles. The fourth-order valence-corrected chi connectivity index (χ4v) is 4.20. The quantitative estimate of drug-likeness (QED) is 0.391. The molecule has 1 aliphatic heterocycles. The van der Waals surface area contributed by atoms with E-state index in [1.54, 1.807) is 18.2 Å². The molecule has 1 heterocycles. The molecule has 0 aliphatic carbocycles. The van der Waals surface area contributed by atoms with Crippen LogP contribution in [0.1, 0.15) is 53.9 Å². The summed E-state index contributed by atoms with van der Waals surface area (Å²) < 4.78 is 51.8. The van der Waals surface area contributed by atoms with Crippen molar-refractivity contribution >= 4 is 5.97 Å². The first kappa shape index (κ1) is 25.8. The number of carbonyl (C=O) groups excluding carboxylic acids is 1. The molecule has 0 spiro atoms. The van der Waals surface area contributed by atoms with Crippen LogP contribution in [-0.4, -0.2) is 24.3 Å². The molecule has 2 atom stereocenters. The van der Waals surface area contributed by atoms with E-state index in [1.165, 1.54) is 0 Å². The molecule has 1 aliphatic rings. The van der Waals surface area contributed by atoms with Crippen molar-refractivity contribution in [3.05, 3.63) is 89.0 Å². The van der Waals surface area contributed by atoms with E-state index < -0.39 is 23.8 Å². The molecular weight excluding hydrogens is 469 g/mol. The Hall–Kier alpha value is -3.32. The highest BCUT2D eigenvalue weighted by Gasteiger charge is 2.33. The standard InChI is InChI=1S/C29H29F3O4/c1-28(2,3)17-36-27(34)22-12-10-21(29(30,31)32)15-24(22)19-9-11-23-25(14-19)35-16-20(26(23)33)13-18-7-5-4-6-8-18/h4-12,14-15,20,26,33H,13,16-17H2,1-3H3. The summed E-state index contributed by atoms with van der Waals surface area (Å²) in [5.41, 5.74) is 0.972. The van der Waals surface area contributed by atoms with Gasteiger partial charge >= 0.3 is 12.1 Å². The van der Waals surface area contributed by atoms with Crippen LogP contribution in [0.15, 0.2) is 66.7 Å². The average molecular weight is 499 g/mol. The molecule has 0 radical (unpaired) electrons. The zero-order valence-corrected chi connectivity index (χ0v) is 20.4. The van der Waals surface area contributed by atoms with Gasteiger partial charge in [-0.1, -0.05) is 63.2 Å². The van der Waals surface area contributed by atoms with Gasteiger partial charge in [0.25, 0.3) is 0 Å². The number of alkyl halides is 3. The van der Waals surface area contributed by atoms with Crippen LogP contribution in [0.3, 0.4) is 0 Å². The number of halogens is 3. The number of aliphatic hydroxyl groups is 1. The van der Waals surface area contributed by atoms with Crippen LogP contribution >= 0.6 is 0 Å². The van der Waals surface area contributed by atoms with E-state index in [2.05, 4.69) is 0 Å². The number of aliphatic hydroxyl groups excluding tert-OH is 1. The second-order valence-corrected chi connectivity index (χ2v) is 10.4. The molecule has 7 heteroatoms. The van der Waals surface area contributed by atoms with Gasteiger partial charge in [0.05, 0.1) is 30.4 Å². The number of rotatable bonds is 5. The minimum atomic E-state index is -4.58. The Morgan fingerprint density at radius 2 is 1.75 bits per heavy atom. The van der Waals surface area contributed by atoms with Crippen LogP contribution in [0.2, 0.25) is 0 Å². The maximum absolute atomic E-state index is 13.5. The lowest BCUT2D eigenvalue weighted by Gasteiger charge is -2.31. The molecule has 4 nitrogen and oxygen atoms in total. The number of fused-ring (bicyclic) bond motifs is 1. The summed E-state index contributed by atoms with van der Waals surface area (Å²) in [6, 6.07) is 17.6. The predicted octanol–water partition coefficient (Wildman–Crippen LogP) is 6.86. The van der Waals surface area contributed by atoms with E-state index in [4.69, 9.17) is 9.47 Å². The summed E-state index contributed by atoms with van der Waals surface area (Å²) in [5.74, 6) is -0.478. The third kappa shape index (κ3) is 5.90. The molecule has 0 saturated carbocycles. The number of carbonyl (C=O) groups is 1. The highest BCUT2D eigenvalue weighted by atomic mass is 19.4. The van der Waals surface area contributed by atoms with Crippen molar-refractivity contribution in [3.63, 3.8) is 0 Å². The summed E-state index contributed by atoms with van der Waals surface area (Å²) in [5, 5.41) is 11.0. The molecule has 0 bridgehead atoms. The molecule has 0 saturated heterocycles. The van der Waals surface area contributed by atoms with Gasteiger partial charge < -0.3 is 14.6 Å². The predicted molar refractivity (Wildman–Crippen MR) is 131 cm³/mol. The Morgan fingerprint density at radius 1 is 1.03 bits per heavy atom. The van der Waals surface area contributed by atoms with Crippen molar-refractivity contribution in [2.75, 3.05) is 13.2 Å². The monoisotopic (exact) mass is 498 g/mol. The smallest absolute Gasteiger partial charge is 0.416 e. The van der Waals surface area contributed by atoms with E-state index in [1.807, 2.05) is 51.1 Å². The molecule has 0 aromatic heterocycles. The van der Waals surface area contributed by atoms with Gasteiger partial charge in [0.15, 0.2) is 0 Å². The Bertz CT molecular complexity index is 1230. The molecule has 36 heavy (non-hydrogen) atoms. The number of hydrogen-bond acceptors (Lipinski definition) is 4. The number of hydrogen-bond donors (Lipinski definition) is 1. The Labute approximate surface area is 208 Å². The first-order valence-electron chi connectivity index (χ1n) is 11.8. The van der Waals surface area contributed by atoms with Crippen molar-refractivity contribution in [2.24, 2.45) is 11.3 Å². The summed E-state index contributed by atoms with van der Waals surface area (Å²) in [6.07, 6.45) is -4.74. The highest BCUT2D eigenvalue weighted by Crippen LogP contribution is 2.41. The van der Waals surface area contributed by atoms with Crippen molar-refractivity contribution in [1.82, 2.24) is 0 Å².